The third kappa shape index (κ3) is 20.1. The fraction of sp³-hybridized carbons (Fsp3) is 0.857. The van der Waals surface area contributed by atoms with Crippen molar-refractivity contribution >= 4 is 23.4 Å². The van der Waals surface area contributed by atoms with Gasteiger partial charge in [0.2, 0.25) is 11.8 Å². The van der Waals surface area contributed by atoms with Crippen LogP contribution in [0.4, 0.5) is 0 Å². The highest BCUT2D eigenvalue weighted by Gasteiger charge is 2.27. The van der Waals surface area contributed by atoms with E-state index in [2.05, 4.69) is 10.6 Å². The Balaban J connectivity index is 4.05. The van der Waals surface area contributed by atoms with Gasteiger partial charge in [-0.15, -0.1) is 0 Å². The number of hydrogen-bond acceptors (Lipinski definition) is 8. The van der Waals surface area contributed by atoms with E-state index >= 15 is 0 Å². The molecule has 10 heteroatoms. The van der Waals surface area contributed by atoms with Crippen LogP contribution >= 0.6 is 0 Å². The van der Waals surface area contributed by atoms with E-state index in [9.17, 15) is 19.2 Å². The first kappa shape index (κ1) is 36.1. The number of unbranched alkanes of at least 4 members (excludes halogenated alkanes) is 2. The average Bonchev–Trinajstić information content (AvgIpc) is 2.87. The predicted molar refractivity (Wildman–Crippen MR) is 146 cm³/mol. The number of carbonyl (C=O) groups is 4. The van der Waals surface area contributed by atoms with E-state index in [1.807, 2.05) is 20.8 Å². The van der Waals surface area contributed by atoms with Gasteiger partial charge in [-0.25, -0.2) is 0 Å². The van der Waals surface area contributed by atoms with Crippen LogP contribution in [0.3, 0.4) is 0 Å². The van der Waals surface area contributed by atoms with Crippen LogP contribution in [-0.4, -0.2) is 89.3 Å². The Kier molecular flexibility index (Phi) is 23.0. The molecule has 0 bridgehead atoms. The number of methoxy groups -OCH3 is 1. The van der Waals surface area contributed by atoms with E-state index in [-0.39, 0.29) is 48.1 Å². The summed E-state index contributed by atoms with van der Waals surface area (Å²) in [7, 11) is 1.62. The molecule has 2 N–H and O–H groups in total. The Hall–Kier alpha value is -1.88. The van der Waals surface area contributed by atoms with Gasteiger partial charge in [0.1, 0.15) is 5.78 Å². The summed E-state index contributed by atoms with van der Waals surface area (Å²) >= 11 is 0. The van der Waals surface area contributed by atoms with E-state index in [0.717, 1.165) is 19.3 Å². The molecule has 0 saturated heterocycles. The number of rotatable bonds is 26. The summed E-state index contributed by atoms with van der Waals surface area (Å²) < 4.78 is 20.9. The summed E-state index contributed by atoms with van der Waals surface area (Å²) in [6.45, 7) is 11.1. The molecule has 0 aromatic rings. The van der Waals surface area contributed by atoms with Crippen LogP contribution in [0.5, 0.6) is 0 Å². The van der Waals surface area contributed by atoms with E-state index in [1.54, 1.807) is 7.11 Å². The zero-order chi connectivity index (χ0) is 28.6. The number of carbonyl (C=O) groups excluding carboxylic acids is 4. The molecule has 38 heavy (non-hydrogen) atoms. The molecule has 0 spiro atoms. The molecule has 222 valence electrons. The smallest absolute Gasteiger partial charge is 0.222 e. The molecule has 0 fully saturated rings. The van der Waals surface area contributed by atoms with Crippen LogP contribution in [0, 0.1) is 11.8 Å². The molecule has 0 rings (SSSR count). The number of amides is 2. The van der Waals surface area contributed by atoms with Gasteiger partial charge in [0.05, 0.1) is 52.3 Å². The van der Waals surface area contributed by atoms with Gasteiger partial charge in [0.25, 0.3) is 0 Å². The number of Topliss-reactive ketones (excluding diaryl/α,β-unsaturated/α-hetero) is 2. The first-order valence-corrected chi connectivity index (χ1v) is 14.0. The van der Waals surface area contributed by atoms with Gasteiger partial charge in [-0.05, 0) is 32.1 Å². The maximum absolute atomic E-state index is 12.9. The summed E-state index contributed by atoms with van der Waals surface area (Å²) in [6.07, 6.45) is 4.50. The third-order valence-corrected chi connectivity index (χ3v) is 6.06. The van der Waals surface area contributed by atoms with Crippen molar-refractivity contribution in [1.82, 2.24) is 10.6 Å². The molecule has 0 saturated carbocycles. The average molecular weight is 545 g/mol. The summed E-state index contributed by atoms with van der Waals surface area (Å²) in [6, 6.07) is -0.575. The zero-order valence-electron chi connectivity index (χ0n) is 24.3. The molecule has 0 aliphatic rings. The van der Waals surface area contributed by atoms with Crippen LogP contribution in [0.1, 0.15) is 79.1 Å². The van der Waals surface area contributed by atoms with Crippen molar-refractivity contribution in [1.29, 1.82) is 0 Å². The summed E-state index contributed by atoms with van der Waals surface area (Å²) in [5, 5.41) is 5.71. The minimum Gasteiger partial charge on any atom is -0.382 e. The van der Waals surface area contributed by atoms with E-state index < -0.39 is 6.04 Å². The van der Waals surface area contributed by atoms with Gasteiger partial charge in [-0.2, -0.15) is 0 Å². The van der Waals surface area contributed by atoms with Gasteiger partial charge in [-0.1, -0.05) is 33.6 Å². The van der Waals surface area contributed by atoms with Crippen molar-refractivity contribution in [3.8, 4) is 0 Å². The second-order valence-electron chi connectivity index (χ2n) is 9.80. The molecule has 0 heterocycles. The summed E-state index contributed by atoms with van der Waals surface area (Å²) in [5.74, 6) is -0.750. The lowest BCUT2D eigenvalue weighted by molar-refractivity contribution is -0.131. The van der Waals surface area contributed by atoms with Crippen molar-refractivity contribution in [3.05, 3.63) is 0 Å². The molecular formula is C28H52N2O8. The fourth-order valence-corrected chi connectivity index (χ4v) is 3.70. The van der Waals surface area contributed by atoms with Gasteiger partial charge < -0.3 is 29.6 Å². The maximum Gasteiger partial charge on any atom is 0.222 e. The van der Waals surface area contributed by atoms with Crippen LogP contribution in [-0.2, 0) is 38.1 Å². The highest BCUT2D eigenvalue weighted by Crippen LogP contribution is 2.18. The van der Waals surface area contributed by atoms with Crippen molar-refractivity contribution in [2.45, 2.75) is 85.1 Å². The summed E-state index contributed by atoms with van der Waals surface area (Å²) in [5.41, 5.74) is 0. The lowest BCUT2D eigenvalue weighted by atomic mass is 9.87. The zero-order valence-corrected chi connectivity index (χ0v) is 24.3. The first-order valence-electron chi connectivity index (χ1n) is 14.0. The van der Waals surface area contributed by atoms with Gasteiger partial charge in [0.15, 0.2) is 5.78 Å². The fourth-order valence-electron chi connectivity index (χ4n) is 3.70. The highest BCUT2D eigenvalue weighted by molar-refractivity contribution is 5.92. The molecule has 10 nitrogen and oxygen atoms in total. The van der Waals surface area contributed by atoms with Crippen molar-refractivity contribution < 1.29 is 38.1 Å². The highest BCUT2D eigenvalue weighted by atomic mass is 16.6. The molecule has 0 aromatic carbocycles. The number of ketones is 2. The molecule has 0 aliphatic heterocycles. The monoisotopic (exact) mass is 544 g/mol. The van der Waals surface area contributed by atoms with Crippen LogP contribution in [0.15, 0.2) is 0 Å². The number of hydrogen-bond donors (Lipinski definition) is 2. The van der Waals surface area contributed by atoms with Crippen molar-refractivity contribution in [2.24, 2.45) is 11.8 Å². The van der Waals surface area contributed by atoms with Crippen LogP contribution in [0.2, 0.25) is 0 Å². The number of nitrogens with one attached hydrogen (secondary N) is 2. The Morgan fingerprint density at radius 1 is 0.763 bits per heavy atom. The number of ether oxygens (including phenoxy) is 4. The third-order valence-electron chi connectivity index (χ3n) is 6.06. The van der Waals surface area contributed by atoms with Crippen LogP contribution < -0.4 is 10.6 Å². The molecule has 2 amide bonds. The van der Waals surface area contributed by atoms with E-state index in [1.165, 1.54) is 6.92 Å². The van der Waals surface area contributed by atoms with Crippen molar-refractivity contribution in [2.75, 3.05) is 59.9 Å². The van der Waals surface area contributed by atoms with Gasteiger partial charge in [0, 0.05) is 38.8 Å². The topological polar surface area (TPSA) is 129 Å². The van der Waals surface area contributed by atoms with Gasteiger partial charge >= 0.3 is 0 Å². The Bertz CT molecular complexity index is 657. The molecular weight excluding hydrogens is 492 g/mol. The Morgan fingerprint density at radius 2 is 1.37 bits per heavy atom. The minimum atomic E-state index is -0.575. The molecule has 0 aromatic heterocycles. The Morgan fingerprint density at radius 3 is 1.92 bits per heavy atom. The van der Waals surface area contributed by atoms with E-state index in [4.69, 9.17) is 18.9 Å². The van der Waals surface area contributed by atoms with E-state index in [0.29, 0.717) is 72.1 Å². The first-order chi connectivity index (χ1) is 18.2. The minimum absolute atomic E-state index is 0.0260. The lowest BCUT2D eigenvalue weighted by Gasteiger charge is -2.23. The second-order valence-corrected chi connectivity index (χ2v) is 9.80. The SMILES string of the molecule is CCCCC(=O)N[C@H](C(=O)C[C@@H](CCCCNC(=O)CCOCCOCCOCCOC)C(C)=O)C(C)C. The molecule has 0 unspecified atom stereocenters. The van der Waals surface area contributed by atoms with Crippen LogP contribution in [0.25, 0.3) is 0 Å². The second kappa shape index (κ2) is 24.2. The standard InChI is InChI=1S/C28H52N2O8/c1-6-7-11-27(34)30-28(22(2)3)25(32)21-24(23(4)31)10-8-9-13-29-26(33)12-14-36-17-18-38-20-19-37-16-15-35-5/h22,24,28H,6-21H2,1-5H3,(H,29,33)(H,30,34)/t24-,28+/m1/s1. The largest absolute Gasteiger partial charge is 0.382 e. The van der Waals surface area contributed by atoms with Gasteiger partial charge in [-0.3, -0.25) is 19.2 Å². The lowest BCUT2D eigenvalue weighted by Crippen LogP contribution is -2.45. The van der Waals surface area contributed by atoms with Crippen molar-refractivity contribution in [3.63, 3.8) is 0 Å². The quantitative estimate of drug-likeness (QED) is 0.159. The molecule has 2 atom stereocenters. The predicted octanol–water partition coefficient (Wildman–Crippen LogP) is 2.85. The molecule has 0 radical (unpaired) electrons. The normalized spacial score (nSPS) is 12.8. The molecule has 0 aliphatic carbocycles. The summed E-state index contributed by atoms with van der Waals surface area (Å²) in [4.78, 5) is 49.1. The Labute approximate surface area is 229 Å². The maximum atomic E-state index is 12.9.